The fraction of sp³-hybridized carbons (Fsp3) is 0.185. The summed E-state index contributed by atoms with van der Waals surface area (Å²) >= 11 is 5.31. The normalized spacial score (nSPS) is 10.5. The Morgan fingerprint density at radius 3 is 2.41 bits per heavy atom. The zero-order chi connectivity index (χ0) is 24.2. The minimum absolute atomic E-state index is 0.183. The second-order valence-corrected chi connectivity index (χ2v) is 7.73. The molecule has 0 heterocycles. The highest BCUT2D eigenvalue weighted by Crippen LogP contribution is 2.28. The molecule has 0 unspecified atom stereocenters. The summed E-state index contributed by atoms with van der Waals surface area (Å²) in [6.45, 7) is 0.570. The van der Waals surface area contributed by atoms with Gasteiger partial charge < -0.3 is 19.5 Å². The van der Waals surface area contributed by atoms with Gasteiger partial charge in [0.2, 0.25) is 5.91 Å². The molecule has 0 bridgehead atoms. The van der Waals surface area contributed by atoms with Gasteiger partial charge in [-0.3, -0.25) is 10.1 Å². The summed E-state index contributed by atoms with van der Waals surface area (Å²) < 4.78 is 16.4. The van der Waals surface area contributed by atoms with Gasteiger partial charge in [0.1, 0.15) is 5.75 Å². The van der Waals surface area contributed by atoms with Crippen molar-refractivity contribution in [3.05, 3.63) is 90.0 Å². The Bertz CT molecular complexity index is 1130. The minimum atomic E-state index is -0.353. The number of ether oxygens (including phenoxy) is 3. The lowest BCUT2D eigenvalue weighted by atomic mass is 10.1. The van der Waals surface area contributed by atoms with Gasteiger partial charge in [0.15, 0.2) is 16.6 Å². The number of hydrogen-bond acceptors (Lipinski definition) is 5. The van der Waals surface area contributed by atoms with E-state index in [-0.39, 0.29) is 11.0 Å². The fourth-order valence-electron chi connectivity index (χ4n) is 3.23. The zero-order valence-electron chi connectivity index (χ0n) is 19.2. The molecule has 34 heavy (non-hydrogen) atoms. The molecule has 0 atom stereocenters. The van der Waals surface area contributed by atoms with E-state index in [1.54, 1.807) is 32.4 Å². The third-order valence-corrected chi connectivity index (χ3v) is 5.12. The van der Waals surface area contributed by atoms with E-state index in [2.05, 4.69) is 22.8 Å². The Hall–Kier alpha value is -3.84. The highest BCUT2D eigenvalue weighted by molar-refractivity contribution is 7.80. The predicted molar refractivity (Wildman–Crippen MR) is 140 cm³/mol. The highest BCUT2D eigenvalue weighted by atomic mass is 32.1. The number of carbonyl (C=O) groups excluding carboxylic acids is 1. The van der Waals surface area contributed by atoms with Crippen molar-refractivity contribution in [2.45, 2.75) is 12.8 Å². The Morgan fingerprint density at radius 2 is 1.65 bits per heavy atom. The van der Waals surface area contributed by atoms with E-state index in [9.17, 15) is 4.79 Å². The summed E-state index contributed by atoms with van der Waals surface area (Å²) in [6.07, 6.45) is 4.91. The number of anilines is 1. The lowest BCUT2D eigenvalue weighted by Crippen LogP contribution is -2.32. The smallest absolute Gasteiger partial charge is 0.250 e. The standard InChI is InChI=1S/C27H28N2O4S/c1-31-24-16-14-21(19-25(24)32-2)15-17-26(30)29-27(34)28-22-12-6-7-13-23(22)33-18-8-11-20-9-4-3-5-10-20/h3-7,9-10,12-17,19H,8,11,18H2,1-2H3,(H2,28,29,30,34)/b17-15+. The molecule has 7 heteroatoms. The van der Waals surface area contributed by atoms with E-state index in [1.165, 1.54) is 11.6 Å². The monoisotopic (exact) mass is 476 g/mol. The van der Waals surface area contributed by atoms with Crippen LogP contribution >= 0.6 is 12.2 Å². The molecule has 1 amide bonds. The van der Waals surface area contributed by atoms with Crippen LogP contribution in [-0.2, 0) is 11.2 Å². The molecule has 0 aliphatic heterocycles. The number of nitrogens with one attached hydrogen (secondary N) is 2. The maximum atomic E-state index is 12.3. The molecule has 0 radical (unpaired) electrons. The summed E-state index contributed by atoms with van der Waals surface area (Å²) in [7, 11) is 3.13. The van der Waals surface area contributed by atoms with E-state index in [0.29, 0.717) is 29.5 Å². The first-order valence-corrected chi connectivity index (χ1v) is 11.3. The van der Waals surface area contributed by atoms with Gasteiger partial charge in [-0.05, 0) is 66.5 Å². The van der Waals surface area contributed by atoms with E-state index >= 15 is 0 Å². The van der Waals surface area contributed by atoms with Crippen molar-refractivity contribution >= 4 is 35.0 Å². The van der Waals surface area contributed by atoms with Crippen LogP contribution in [-0.4, -0.2) is 31.8 Å². The van der Waals surface area contributed by atoms with Gasteiger partial charge in [-0.15, -0.1) is 0 Å². The summed E-state index contributed by atoms with van der Waals surface area (Å²) in [6, 6.07) is 23.2. The quantitative estimate of drug-likeness (QED) is 0.237. The van der Waals surface area contributed by atoms with Crippen LogP contribution in [0.1, 0.15) is 17.5 Å². The van der Waals surface area contributed by atoms with Crippen molar-refractivity contribution in [3.63, 3.8) is 0 Å². The van der Waals surface area contributed by atoms with Crippen molar-refractivity contribution in [1.82, 2.24) is 5.32 Å². The van der Waals surface area contributed by atoms with Crippen LogP contribution in [0.15, 0.2) is 78.9 Å². The average molecular weight is 477 g/mol. The molecule has 176 valence electrons. The summed E-state index contributed by atoms with van der Waals surface area (Å²) in [5.74, 6) is 1.53. The Balaban J connectivity index is 1.50. The molecule has 3 aromatic carbocycles. The lowest BCUT2D eigenvalue weighted by Gasteiger charge is -2.14. The van der Waals surface area contributed by atoms with Crippen LogP contribution in [0.3, 0.4) is 0 Å². The molecule has 0 aliphatic carbocycles. The Morgan fingerprint density at radius 1 is 0.912 bits per heavy atom. The van der Waals surface area contributed by atoms with Gasteiger partial charge in [-0.1, -0.05) is 48.5 Å². The summed E-state index contributed by atoms with van der Waals surface area (Å²) in [5.41, 5.74) is 2.76. The second-order valence-electron chi connectivity index (χ2n) is 7.32. The first kappa shape index (κ1) is 24.8. The van der Waals surface area contributed by atoms with Gasteiger partial charge in [-0.25, -0.2) is 0 Å². The number of thiocarbonyl (C=S) groups is 1. The number of rotatable bonds is 10. The summed E-state index contributed by atoms with van der Waals surface area (Å²) in [5, 5.41) is 5.87. The molecule has 0 aliphatic rings. The van der Waals surface area contributed by atoms with E-state index in [4.69, 9.17) is 26.4 Å². The Labute approximate surface area is 205 Å². The maximum absolute atomic E-state index is 12.3. The SMILES string of the molecule is COc1ccc(/C=C/C(=O)NC(=S)Nc2ccccc2OCCCc2ccccc2)cc1OC. The summed E-state index contributed by atoms with van der Waals surface area (Å²) in [4.78, 5) is 12.3. The molecule has 2 N–H and O–H groups in total. The van der Waals surface area contributed by atoms with Crippen LogP contribution in [0.25, 0.3) is 6.08 Å². The fourth-order valence-corrected chi connectivity index (χ4v) is 3.44. The third-order valence-electron chi connectivity index (χ3n) is 4.92. The lowest BCUT2D eigenvalue weighted by molar-refractivity contribution is -0.115. The minimum Gasteiger partial charge on any atom is -0.493 e. The molecule has 0 aromatic heterocycles. The number of para-hydroxylation sites is 2. The largest absolute Gasteiger partial charge is 0.493 e. The molecule has 3 aromatic rings. The molecule has 0 spiro atoms. The van der Waals surface area contributed by atoms with Crippen LogP contribution in [0.4, 0.5) is 5.69 Å². The van der Waals surface area contributed by atoms with Gasteiger partial charge in [0, 0.05) is 6.08 Å². The highest BCUT2D eigenvalue weighted by Gasteiger charge is 2.08. The zero-order valence-corrected chi connectivity index (χ0v) is 20.1. The topological polar surface area (TPSA) is 68.8 Å². The molecular formula is C27H28N2O4S. The first-order chi connectivity index (χ1) is 16.6. The molecule has 0 saturated heterocycles. The second kappa shape index (κ2) is 13.0. The molecule has 6 nitrogen and oxygen atoms in total. The van der Waals surface area contributed by atoms with Crippen LogP contribution in [0.5, 0.6) is 17.2 Å². The van der Waals surface area contributed by atoms with Gasteiger partial charge in [-0.2, -0.15) is 0 Å². The van der Waals surface area contributed by atoms with Crippen molar-refractivity contribution in [2.75, 3.05) is 26.1 Å². The van der Waals surface area contributed by atoms with Crippen molar-refractivity contribution in [3.8, 4) is 17.2 Å². The van der Waals surface area contributed by atoms with Crippen LogP contribution in [0.2, 0.25) is 0 Å². The number of hydrogen-bond donors (Lipinski definition) is 2. The van der Waals surface area contributed by atoms with Crippen LogP contribution < -0.4 is 24.8 Å². The number of methoxy groups -OCH3 is 2. The molecule has 0 fully saturated rings. The average Bonchev–Trinajstić information content (AvgIpc) is 2.86. The predicted octanol–water partition coefficient (Wildman–Crippen LogP) is 5.24. The molecule has 3 rings (SSSR count). The van der Waals surface area contributed by atoms with E-state index < -0.39 is 0 Å². The van der Waals surface area contributed by atoms with Gasteiger partial charge >= 0.3 is 0 Å². The van der Waals surface area contributed by atoms with Gasteiger partial charge in [0.25, 0.3) is 0 Å². The maximum Gasteiger partial charge on any atom is 0.250 e. The molecular weight excluding hydrogens is 448 g/mol. The van der Waals surface area contributed by atoms with Crippen molar-refractivity contribution < 1.29 is 19.0 Å². The van der Waals surface area contributed by atoms with Crippen molar-refractivity contribution in [1.29, 1.82) is 0 Å². The van der Waals surface area contributed by atoms with Gasteiger partial charge in [0.05, 0.1) is 26.5 Å². The number of aryl methyl sites for hydroxylation is 1. The molecule has 0 saturated carbocycles. The number of amides is 1. The number of carbonyl (C=O) groups is 1. The van der Waals surface area contributed by atoms with E-state index in [0.717, 1.165) is 18.4 Å². The first-order valence-electron chi connectivity index (χ1n) is 10.9. The van der Waals surface area contributed by atoms with E-state index in [1.807, 2.05) is 48.5 Å². The van der Waals surface area contributed by atoms with Crippen LogP contribution in [0, 0.1) is 0 Å². The Kier molecular flexibility index (Phi) is 9.49. The number of benzene rings is 3. The third kappa shape index (κ3) is 7.64. The van der Waals surface area contributed by atoms with Crippen molar-refractivity contribution in [2.24, 2.45) is 0 Å².